The van der Waals surface area contributed by atoms with Gasteiger partial charge >= 0.3 is 15.6 Å². The zero-order valence-electron chi connectivity index (χ0n) is 16.6. The topological polar surface area (TPSA) is 113 Å². The van der Waals surface area contributed by atoms with E-state index in [4.69, 9.17) is 14.7 Å². The van der Waals surface area contributed by atoms with Crippen LogP contribution in [0.5, 0.6) is 0 Å². The van der Waals surface area contributed by atoms with Gasteiger partial charge in [0.15, 0.2) is 0 Å². The summed E-state index contributed by atoms with van der Waals surface area (Å²) >= 11 is 0. The van der Waals surface area contributed by atoms with Gasteiger partial charge in [-0.05, 0) is 32.1 Å². The fourth-order valence-electron chi connectivity index (χ4n) is 2.69. The van der Waals surface area contributed by atoms with E-state index in [9.17, 15) is 9.13 Å². The molecule has 0 spiro atoms. The van der Waals surface area contributed by atoms with Crippen molar-refractivity contribution in [1.29, 1.82) is 0 Å². The van der Waals surface area contributed by atoms with Crippen molar-refractivity contribution in [3.05, 3.63) is 12.2 Å². The summed E-state index contributed by atoms with van der Waals surface area (Å²) in [5, 5.41) is 0. The van der Waals surface area contributed by atoms with E-state index in [1.165, 1.54) is 51.4 Å². The molecule has 0 amide bonds. The molecule has 162 valence electrons. The molecule has 0 aliphatic heterocycles. The highest BCUT2D eigenvalue weighted by Crippen LogP contribution is 2.57. The number of allylic oxidation sites excluding steroid dienone is 2. The van der Waals surface area contributed by atoms with Crippen LogP contribution < -0.4 is 0 Å². The van der Waals surface area contributed by atoms with Gasteiger partial charge in [-0.2, -0.15) is 4.31 Å². The van der Waals surface area contributed by atoms with Crippen LogP contribution in [-0.4, -0.2) is 21.3 Å². The smallest absolute Gasteiger partial charge is 0.302 e. The van der Waals surface area contributed by atoms with Gasteiger partial charge in [0.25, 0.3) is 0 Å². The van der Waals surface area contributed by atoms with Crippen LogP contribution in [0.1, 0.15) is 96.8 Å². The molecule has 0 aliphatic carbocycles. The number of hydrogen-bond acceptors (Lipinski definition) is 4. The minimum absolute atomic E-state index is 0.0606. The minimum Gasteiger partial charge on any atom is -0.302 e. The zero-order chi connectivity index (χ0) is 20.4. The molecule has 0 fully saturated rings. The standard InChI is InChI=1S/C18H38O7P2/c1-2-3-4-5-6-7-8-9-10-11-12-13-14-15-16-17-18-24-27(22,23)25-26(19,20)21/h9-10H,2-8,11-18H2,1H3,(H,22,23)(H2,19,20,21)/b10-9-. The van der Waals surface area contributed by atoms with Crippen molar-refractivity contribution in [2.24, 2.45) is 0 Å². The first-order chi connectivity index (χ1) is 12.8. The predicted octanol–water partition coefficient (Wildman–Crippen LogP) is 6.25. The summed E-state index contributed by atoms with van der Waals surface area (Å²) in [6.45, 7) is 2.18. The van der Waals surface area contributed by atoms with Crippen molar-refractivity contribution in [2.45, 2.75) is 96.8 Å². The van der Waals surface area contributed by atoms with Crippen molar-refractivity contribution in [3.63, 3.8) is 0 Å². The van der Waals surface area contributed by atoms with Crippen LogP contribution in [0.4, 0.5) is 0 Å². The first-order valence-corrected chi connectivity index (χ1v) is 13.2. The molecule has 0 aliphatic rings. The Morgan fingerprint density at radius 3 is 1.63 bits per heavy atom. The minimum atomic E-state index is -5.02. The Bertz CT molecular complexity index is 463. The van der Waals surface area contributed by atoms with E-state index in [-0.39, 0.29) is 6.61 Å². The maximum Gasteiger partial charge on any atom is 0.481 e. The summed E-state index contributed by atoms with van der Waals surface area (Å²) in [6, 6.07) is 0. The third kappa shape index (κ3) is 22.2. The molecule has 0 aromatic rings. The Kier molecular flexibility index (Phi) is 16.9. The van der Waals surface area contributed by atoms with Gasteiger partial charge in [0.1, 0.15) is 0 Å². The molecule has 1 atom stereocenters. The van der Waals surface area contributed by atoms with E-state index in [1.54, 1.807) is 0 Å². The van der Waals surface area contributed by atoms with Gasteiger partial charge in [0.05, 0.1) is 6.61 Å². The molecule has 0 rings (SSSR count). The van der Waals surface area contributed by atoms with Crippen LogP contribution in [0.2, 0.25) is 0 Å². The summed E-state index contributed by atoms with van der Waals surface area (Å²) < 4.78 is 29.9. The molecule has 0 aromatic heterocycles. The van der Waals surface area contributed by atoms with E-state index in [1.807, 2.05) is 0 Å². The van der Waals surface area contributed by atoms with Gasteiger partial charge in [-0.1, -0.05) is 76.9 Å². The highest BCUT2D eigenvalue weighted by Gasteiger charge is 2.31. The molecule has 3 N–H and O–H groups in total. The molecule has 0 radical (unpaired) electrons. The molecule has 9 heteroatoms. The third-order valence-electron chi connectivity index (χ3n) is 4.12. The lowest BCUT2D eigenvalue weighted by Gasteiger charge is -2.12. The molecular formula is C18H38O7P2. The third-order valence-corrected chi connectivity index (χ3v) is 6.31. The monoisotopic (exact) mass is 428 g/mol. The Morgan fingerprint density at radius 2 is 1.15 bits per heavy atom. The summed E-state index contributed by atoms with van der Waals surface area (Å²) in [7, 11) is -9.70. The van der Waals surface area contributed by atoms with Crippen molar-refractivity contribution in [2.75, 3.05) is 6.61 Å². The van der Waals surface area contributed by atoms with Crippen molar-refractivity contribution >= 4 is 15.6 Å². The van der Waals surface area contributed by atoms with Crippen molar-refractivity contribution in [3.8, 4) is 0 Å². The second-order valence-corrected chi connectivity index (χ2v) is 9.64. The molecule has 7 nitrogen and oxygen atoms in total. The summed E-state index contributed by atoms with van der Waals surface area (Å²) in [5.74, 6) is 0. The van der Waals surface area contributed by atoms with Gasteiger partial charge in [-0.15, -0.1) is 0 Å². The van der Waals surface area contributed by atoms with Gasteiger partial charge in [-0.3, -0.25) is 4.52 Å². The zero-order valence-corrected chi connectivity index (χ0v) is 18.4. The number of rotatable bonds is 19. The van der Waals surface area contributed by atoms with Gasteiger partial charge in [0.2, 0.25) is 0 Å². The summed E-state index contributed by atoms with van der Waals surface area (Å²) in [4.78, 5) is 26.0. The molecule has 1 unspecified atom stereocenters. The van der Waals surface area contributed by atoms with E-state index < -0.39 is 15.6 Å². The second kappa shape index (κ2) is 16.9. The predicted molar refractivity (Wildman–Crippen MR) is 108 cm³/mol. The second-order valence-electron chi connectivity index (χ2n) is 6.81. The maximum absolute atomic E-state index is 11.2. The number of phosphoric ester groups is 1. The first kappa shape index (κ1) is 27.0. The average molecular weight is 428 g/mol. The lowest BCUT2D eigenvalue weighted by molar-refractivity contribution is 0.176. The normalized spacial score (nSPS) is 14.7. The number of hydrogen-bond donors (Lipinski definition) is 3. The van der Waals surface area contributed by atoms with Crippen LogP contribution >= 0.6 is 15.6 Å². The van der Waals surface area contributed by atoms with Gasteiger partial charge in [-0.25, -0.2) is 9.13 Å². The van der Waals surface area contributed by atoms with E-state index in [2.05, 4.69) is 27.9 Å². The van der Waals surface area contributed by atoms with Crippen molar-refractivity contribution < 1.29 is 32.6 Å². The van der Waals surface area contributed by atoms with Crippen LogP contribution in [-0.2, 0) is 18.0 Å². The Labute approximate surface area is 164 Å². The van der Waals surface area contributed by atoms with Crippen LogP contribution in [0.15, 0.2) is 12.2 Å². The van der Waals surface area contributed by atoms with Crippen LogP contribution in [0, 0.1) is 0 Å². The fourth-order valence-corrected chi connectivity index (χ4v) is 4.31. The lowest BCUT2D eigenvalue weighted by atomic mass is 10.1. The quantitative estimate of drug-likeness (QED) is 0.127. The van der Waals surface area contributed by atoms with Crippen molar-refractivity contribution in [1.82, 2.24) is 0 Å². The largest absolute Gasteiger partial charge is 0.481 e. The Hall–Kier alpha value is -0.0000000000000000416. The highest BCUT2D eigenvalue weighted by molar-refractivity contribution is 7.60. The van der Waals surface area contributed by atoms with E-state index >= 15 is 0 Å². The first-order valence-electron chi connectivity index (χ1n) is 10.2. The molecule has 0 saturated heterocycles. The molecule has 27 heavy (non-hydrogen) atoms. The number of unbranched alkanes of at least 4 members (excludes halogenated alkanes) is 12. The molecular weight excluding hydrogens is 390 g/mol. The van der Waals surface area contributed by atoms with Gasteiger partial charge < -0.3 is 14.7 Å². The van der Waals surface area contributed by atoms with Crippen LogP contribution in [0.3, 0.4) is 0 Å². The molecule has 0 heterocycles. The molecule has 0 saturated carbocycles. The maximum atomic E-state index is 11.2. The fraction of sp³-hybridized carbons (Fsp3) is 0.889. The molecule has 0 aromatic carbocycles. The highest BCUT2D eigenvalue weighted by atomic mass is 31.3. The molecule has 0 bridgehead atoms. The van der Waals surface area contributed by atoms with Gasteiger partial charge in [0, 0.05) is 0 Å². The van der Waals surface area contributed by atoms with Crippen LogP contribution in [0.25, 0.3) is 0 Å². The van der Waals surface area contributed by atoms with E-state index in [0.29, 0.717) is 6.42 Å². The SMILES string of the molecule is CCCCCCCC/C=C\CCCCCCCCOP(=O)(O)OP(=O)(O)O. The number of phosphoric acid groups is 2. The summed E-state index contributed by atoms with van der Waals surface area (Å²) in [5.41, 5.74) is 0. The van der Waals surface area contributed by atoms with E-state index in [0.717, 1.165) is 32.1 Å². The Balaban J connectivity index is 3.35. The lowest BCUT2D eigenvalue weighted by Crippen LogP contribution is -1.96. The Morgan fingerprint density at radius 1 is 0.704 bits per heavy atom. The average Bonchev–Trinajstić information content (AvgIpc) is 2.55. The summed E-state index contributed by atoms with van der Waals surface area (Å²) in [6.07, 6.45) is 20.7.